The highest BCUT2D eigenvalue weighted by Gasteiger charge is 2.56. The maximum absolute atomic E-state index is 16.3. The number of anilines is 1. The van der Waals surface area contributed by atoms with Crippen LogP contribution in [0.4, 0.5) is 14.5 Å². The first kappa shape index (κ1) is 77.8. The van der Waals surface area contributed by atoms with Crippen molar-refractivity contribution in [1.29, 1.82) is 0 Å². The Bertz CT molecular complexity index is 3870. The number of imidazole rings is 1. The fraction of sp³-hybridized carbons (Fsp3) is 0.527. The number of hydrogen-bond acceptors (Lipinski definition) is 18. The van der Waals surface area contributed by atoms with E-state index in [1.807, 2.05) is 60.7 Å². The number of amides is 3. The summed E-state index contributed by atoms with van der Waals surface area (Å²) in [5, 5.41) is 3.08. The van der Waals surface area contributed by atoms with E-state index in [9.17, 15) is 47.7 Å². The molecule has 23 nitrogen and oxygen atoms in total. The summed E-state index contributed by atoms with van der Waals surface area (Å²) in [5.74, 6) is -4.70. The lowest BCUT2D eigenvalue weighted by Crippen LogP contribution is -2.54. The first-order valence-corrected chi connectivity index (χ1v) is 35.5. The van der Waals surface area contributed by atoms with Gasteiger partial charge in [-0.3, -0.25) is 66.0 Å². The van der Waals surface area contributed by atoms with Gasteiger partial charge in [0.15, 0.2) is 11.6 Å². The van der Waals surface area contributed by atoms with E-state index in [0.717, 1.165) is 64.7 Å². The third-order valence-electron chi connectivity index (χ3n) is 18.0. The van der Waals surface area contributed by atoms with Gasteiger partial charge in [0, 0.05) is 57.4 Å². The summed E-state index contributed by atoms with van der Waals surface area (Å²) in [5.41, 5.74) is 5.47. The van der Waals surface area contributed by atoms with Crippen molar-refractivity contribution in [3.05, 3.63) is 140 Å². The summed E-state index contributed by atoms with van der Waals surface area (Å²) in [6.07, 6.45) is 4.97. The Hall–Kier alpha value is -7.90. The number of esters is 2. The Morgan fingerprint density at radius 3 is 1.94 bits per heavy atom. The monoisotopic (exact) mass is 1410 g/mol. The van der Waals surface area contributed by atoms with Crippen LogP contribution in [0.25, 0.3) is 16.6 Å². The highest BCUT2D eigenvalue weighted by molar-refractivity contribution is 7.54. The van der Waals surface area contributed by atoms with E-state index in [0.29, 0.717) is 87.7 Å². The number of ketones is 3. The van der Waals surface area contributed by atoms with Crippen molar-refractivity contribution in [2.24, 2.45) is 29.5 Å². The van der Waals surface area contributed by atoms with Gasteiger partial charge in [-0.1, -0.05) is 78.9 Å². The molecule has 0 saturated heterocycles. The minimum absolute atomic E-state index is 0.0456. The number of ether oxygens (including phenoxy) is 6. The lowest BCUT2D eigenvalue weighted by molar-refractivity contribution is -0.163. The first-order valence-electron chi connectivity index (χ1n) is 34.0. The van der Waals surface area contributed by atoms with E-state index in [4.69, 9.17) is 43.2 Å². The summed E-state index contributed by atoms with van der Waals surface area (Å²) >= 11 is 0. The van der Waals surface area contributed by atoms with Gasteiger partial charge in [0.2, 0.25) is 31.3 Å². The molecule has 3 heterocycles. The van der Waals surface area contributed by atoms with Crippen LogP contribution in [0, 0.1) is 16.7 Å². The molecule has 5 aromatic rings. The van der Waals surface area contributed by atoms with Gasteiger partial charge in [-0.25, -0.2) is 4.79 Å². The quantitative estimate of drug-likeness (QED) is 0.00940. The van der Waals surface area contributed by atoms with Gasteiger partial charge in [-0.15, -0.1) is 0 Å². The van der Waals surface area contributed by atoms with Crippen molar-refractivity contribution >= 4 is 76.9 Å². The fourth-order valence-corrected chi connectivity index (χ4v) is 13.6. The summed E-state index contributed by atoms with van der Waals surface area (Å²) in [7, 11) is -3.89. The third kappa shape index (κ3) is 20.0. The van der Waals surface area contributed by atoms with Crippen LogP contribution in [0.1, 0.15) is 158 Å². The number of nitrogens with two attached hydrogens (primary N) is 1. The average molecular weight is 1410 g/mol. The number of halogens is 2. The van der Waals surface area contributed by atoms with Crippen molar-refractivity contribution in [2.45, 2.75) is 175 Å². The van der Waals surface area contributed by atoms with Crippen LogP contribution in [-0.4, -0.2) is 128 Å². The highest BCUT2D eigenvalue weighted by atomic mass is 31.2. The first-order chi connectivity index (χ1) is 47.4. The van der Waals surface area contributed by atoms with Gasteiger partial charge < -0.3 is 39.5 Å². The van der Waals surface area contributed by atoms with Gasteiger partial charge in [0.25, 0.3) is 0 Å². The number of primary amides is 1. The third-order valence-corrected chi connectivity index (χ3v) is 19.9. The van der Waals surface area contributed by atoms with Crippen LogP contribution in [0.2, 0.25) is 0 Å². The molecule has 5 atom stereocenters. The number of fused-ring (bicyclic) bond motifs is 1. The molecule has 3 amide bonds. The molecule has 26 heteroatoms. The molecule has 3 N–H and O–H groups in total. The van der Waals surface area contributed by atoms with E-state index in [-0.39, 0.29) is 62.4 Å². The topological polar surface area (TPSA) is 296 Å². The minimum Gasteiger partial charge on any atom is -0.438 e. The zero-order chi connectivity index (χ0) is 72.7. The minimum atomic E-state index is -5.60. The Morgan fingerprint density at radius 2 is 1.33 bits per heavy atom. The summed E-state index contributed by atoms with van der Waals surface area (Å²) in [4.78, 5) is 119. The number of nitrogens with zero attached hydrogens (tertiary/aromatic N) is 3. The maximum atomic E-state index is 16.3. The predicted octanol–water partition coefficient (Wildman–Crippen LogP) is 10.4. The predicted molar refractivity (Wildman–Crippen MR) is 368 cm³/mol. The second-order valence-electron chi connectivity index (χ2n) is 27.8. The van der Waals surface area contributed by atoms with Gasteiger partial charge in [0.1, 0.15) is 11.8 Å². The summed E-state index contributed by atoms with van der Waals surface area (Å²) < 4.78 is 93.1. The highest BCUT2D eigenvalue weighted by Crippen LogP contribution is 2.67. The van der Waals surface area contributed by atoms with Crippen LogP contribution in [0.3, 0.4) is 0 Å². The lowest BCUT2D eigenvalue weighted by atomic mass is 9.92. The number of hydrogen-bond donors (Lipinski definition) is 2. The number of carbonyl (C=O) groups is 8. The van der Waals surface area contributed by atoms with Gasteiger partial charge in [0.05, 0.1) is 85.2 Å². The molecule has 0 radical (unpaired) electrons. The molecule has 1 aliphatic carbocycles. The van der Waals surface area contributed by atoms with E-state index in [2.05, 4.69) is 5.32 Å². The number of Topliss-reactive ketones (excluding diaryl/α,β-unsaturated/α-hetero) is 2. The number of alkyl halides is 2. The molecule has 3 aliphatic rings. The molecule has 542 valence electrons. The van der Waals surface area contributed by atoms with E-state index in [1.165, 1.54) is 64.7 Å². The standard InChI is InChI=1S/C74H94F2N5O18P/c1-47(51-26-28-56(29-27-51)74(75,76)100(91,98-45-96-69(88)72(3,4)5)99-46-97-70(89)73(6,7)8)40-58(83)41-55-25-24-53-15-10-17-54-42-62(81(65(53)54)68(55)87)67(86)78-59(31-33-64(77)85)48(2)95-44-50-22-20-49(21-23-50)14-12-34-92-36-38-94-39-37-93-35-13-18-52-16-11-19-61-66(52)79(9)71(90)80(61)60-32-30-57(82)43-63(60)84/h10-11,15-17,19-23,26-29,40,48,55,59-60,62H,12-14,18,24-25,30-39,41-46H2,1-9H3,(H2,77,85)(H,78,86)/b47-40+/t48-,55-,59+,60?,62+/m1/s1. The molecule has 1 saturated carbocycles. The molecule has 100 heavy (non-hydrogen) atoms. The largest absolute Gasteiger partial charge is 0.438 e. The van der Waals surface area contributed by atoms with Crippen molar-refractivity contribution in [2.75, 3.05) is 58.1 Å². The zero-order valence-corrected chi connectivity index (χ0v) is 59.5. The summed E-state index contributed by atoms with van der Waals surface area (Å²) in [6.45, 7) is 13.1. The molecule has 1 unspecified atom stereocenters. The Kier molecular flexibility index (Phi) is 27.0. The average Bonchev–Trinajstić information content (AvgIpc) is 1.61. The van der Waals surface area contributed by atoms with Crippen LogP contribution < -0.4 is 21.6 Å². The molecular weight excluding hydrogens is 1320 g/mol. The van der Waals surface area contributed by atoms with Crippen molar-refractivity contribution in [1.82, 2.24) is 14.5 Å². The number of allylic oxidation sites excluding steroid dienone is 2. The van der Waals surface area contributed by atoms with Crippen molar-refractivity contribution in [3.63, 3.8) is 0 Å². The van der Waals surface area contributed by atoms with Crippen LogP contribution >= 0.6 is 7.60 Å². The number of para-hydroxylation sites is 2. The molecule has 4 aromatic carbocycles. The summed E-state index contributed by atoms with van der Waals surface area (Å²) in [6, 6.07) is 21.5. The Labute approximate surface area is 581 Å². The maximum Gasteiger partial charge on any atom is 0.410 e. The number of rotatable bonds is 36. The molecule has 2 aliphatic heterocycles. The zero-order valence-electron chi connectivity index (χ0n) is 58.6. The number of aromatic nitrogens is 2. The van der Waals surface area contributed by atoms with Gasteiger partial charge in [-0.2, -0.15) is 8.78 Å². The number of aryl methyl sites for hydroxylation is 4. The molecular formula is C74H94F2N5O18P. The van der Waals surface area contributed by atoms with Crippen molar-refractivity contribution in [3.8, 4) is 0 Å². The van der Waals surface area contributed by atoms with E-state index >= 15 is 8.78 Å². The molecule has 0 spiro atoms. The molecule has 1 aromatic heterocycles. The van der Waals surface area contributed by atoms with Gasteiger partial charge >= 0.3 is 30.9 Å². The molecule has 0 bridgehead atoms. The SMILES string of the molecule is C/C(=C\C(=O)C[C@H]1CCc2cccc3c2N(C1=O)[C@H](C(=O)N[C@@H](CCC(N)=O)[C@@H](C)OCc1ccc(CCCOCCOCCOCCCc2cccc4c2n(C)c(=O)n4C2CCC(=O)CC2=O)cc1)C3)c1ccc(C(F)(F)P(=O)(OCOC(=O)C(C)(C)C)OCOC(=O)C(C)(C)C)cc1. The Balaban J connectivity index is 0.772. The fourth-order valence-electron chi connectivity index (χ4n) is 12.3. The number of carbonyl (C=O) groups excluding carboxylic acids is 8. The second-order valence-corrected chi connectivity index (χ2v) is 29.9. The molecule has 8 rings (SSSR count). The van der Waals surface area contributed by atoms with Crippen LogP contribution in [-0.2, 0) is 125 Å². The number of nitrogens with one attached hydrogen (secondary N) is 1. The molecule has 1 fully saturated rings. The van der Waals surface area contributed by atoms with Gasteiger partial charge in [-0.05, 0) is 158 Å². The normalized spacial score (nSPS) is 17.4. The lowest BCUT2D eigenvalue weighted by Gasteiger charge is -2.31. The van der Waals surface area contributed by atoms with E-state index in [1.54, 1.807) is 30.0 Å². The number of benzene rings is 4. The Morgan fingerprint density at radius 1 is 0.740 bits per heavy atom. The van der Waals surface area contributed by atoms with Crippen molar-refractivity contribution < 1.29 is 89.2 Å². The van der Waals surface area contributed by atoms with Crippen LogP contribution in [0.5, 0.6) is 0 Å². The second kappa shape index (κ2) is 34.6. The smallest absolute Gasteiger partial charge is 0.410 e. The van der Waals surface area contributed by atoms with E-state index < -0.39 is 109 Å². The van der Waals surface area contributed by atoms with Crippen LogP contribution in [0.15, 0.2) is 95.8 Å².